The third-order valence-corrected chi connectivity index (χ3v) is 3.10. The van der Waals surface area contributed by atoms with Crippen LogP contribution < -0.4 is 5.32 Å². The van der Waals surface area contributed by atoms with E-state index in [0.717, 1.165) is 10.2 Å². The molecular formula is C11H10BrN3O2. The molecule has 0 aliphatic carbocycles. The van der Waals surface area contributed by atoms with Gasteiger partial charge in [0.25, 0.3) is 5.91 Å². The Balaban J connectivity index is 2.19. The second-order valence-corrected chi connectivity index (χ2v) is 4.33. The summed E-state index contributed by atoms with van der Waals surface area (Å²) < 4.78 is 5.59. The molecule has 17 heavy (non-hydrogen) atoms. The van der Waals surface area contributed by atoms with Crippen molar-refractivity contribution in [1.82, 2.24) is 10.1 Å². The predicted molar refractivity (Wildman–Crippen MR) is 65.9 cm³/mol. The molecule has 0 spiro atoms. The Morgan fingerprint density at radius 2 is 2.18 bits per heavy atom. The zero-order chi connectivity index (χ0) is 12.4. The van der Waals surface area contributed by atoms with Gasteiger partial charge in [-0.15, -0.1) is 0 Å². The maximum atomic E-state index is 11.8. The largest absolute Gasteiger partial charge is 0.361 e. The van der Waals surface area contributed by atoms with Crippen molar-refractivity contribution in [2.45, 2.75) is 13.8 Å². The molecule has 2 aromatic rings. The van der Waals surface area contributed by atoms with E-state index in [1.807, 2.05) is 13.0 Å². The summed E-state index contributed by atoms with van der Waals surface area (Å²) in [7, 11) is 0. The van der Waals surface area contributed by atoms with Crippen LogP contribution in [0.2, 0.25) is 0 Å². The van der Waals surface area contributed by atoms with Gasteiger partial charge in [-0.3, -0.25) is 4.79 Å². The number of hydrogen-bond acceptors (Lipinski definition) is 4. The van der Waals surface area contributed by atoms with Gasteiger partial charge in [0.2, 0.25) is 0 Å². The van der Waals surface area contributed by atoms with E-state index < -0.39 is 0 Å². The van der Waals surface area contributed by atoms with E-state index in [1.54, 1.807) is 13.1 Å². The van der Waals surface area contributed by atoms with Gasteiger partial charge in [-0.05, 0) is 41.4 Å². The highest BCUT2D eigenvalue weighted by molar-refractivity contribution is 9.10. The minimum absolute atomic E-state index is 0.257. The summed E-state index contributed by atoms with van der Waals surface area (Å²) >= 11 is 3.30. The summed E-state index contributed by atoms with van der Waals surface area (Å²) in [4.78, 5) is 15.9. The van der Waals surface area contributed by atoms with Gasteiger partial charge >= 0.3 is 0 Å². The van der Waals surface area contributed by atoms with Crippen LogP contribution in [0.15, 0.2) is 27.6 Å². The molecule has 1 amide bonds. The van der Waals surface area contributed by atoms with Crippen LogP contribution in [0, 0.1) is 13.8 Å². The summed E-state index contributed by atoms with van der Waals surface area (Å²) in [6.07, 6.45) is 2.97. The van der Waals surface area contributed by atoms with E-state index in [1.165, 1.54) is 6.20 Å². The van der Waals surface area contributed by atoms with Crippen molar-refractivity contribution in [3.63, 3.8) is 0 Å². The molecule has 0 aliphatic heterocycles. The molecular weight excluding hydrogens is 286 g/mol. The quantitative estimate of drug-likeness (QED) is 0.865. The minimum Gasteiger partial charge on any atom is -0.361 e. The maximum absolute atomic E-state index is 11.8. The summed E-state index contributed by atoms with van der Waals surface area (Å²) in [6.45, 7) is 3.59. The number of amides is 1. The number of nitrogens with zero attached hydrogens (tertiary/aromatic N) is 2. The van der Waals surface area contributed by atoms with Gasteiger partial charge in [-0.1, -0.05) is 5.16 Å². The van der Waals surface area contributed by atoms with E-state index in [9.17, 15) is 4.79 Å². The van der Waals surface area contributed by atoms with Gasteiger partial charge in [-0.2, -0.15) is 0 Å². The van der Waals surface area contributed by atoms with Crippen LogP contribution in [0.5, 0.6) is 0 Å². The summed E-state index contributed by atoms with van der Waals surface area (Å²) in [5.41, 5.74) is 2.01. The number of aromatic nitrogens is 2. The van der Waals surface area contributed by atoms with E-state index in [-0.39, 0.29) is 5.91 Å². The predicted octanol–water partition coefficient (Wildman–Crippen LogP) is 2.70. The third-order valence-electron chi connectivity index (χ3n) is 2.27. The molecule has 0 fully saturated rings. The highest BCUT2D eigenvalue weighted by Crippen LogP contribution is 2.17. The highest BCUT2D eigenvalue weighted by Gasteiger charge is 2.13. The molecule has 0 saturated carbocycles. The lowest BCUT2D eigenvalue weighted by molar-refractivity contribution is 0.102. The molecule has 5 nitrogen and oxygen atoms in total. The van der Waals surface area contributed by atoms with E-state index in [4.69, 9.17) is 4.52 Å². The molecule has 0 saturated heterocycles. The van der Waals surface area contributed by atoms with E-state index in [0.29, 0.717) is 17.0 Å². The smallest absolute Gasteiger partial charge is 0.260 e. The highest BCUT2D eigenvalue weighted by atomic mass is 79.9. The van der Waals surface area contributed by atoms with Crippen LogP contribution in [0.3, 0.4) is 0 Å². The summed E-state index contributed by atoms with van der Waals surface area (Å²) in [5.74, 6) is 0.233. The van der Waals surface area contributed by atoms with Gasteiger partial charge < -0.3 is 9.84 Å². The normalized spacial score (nSPS) is 10.3. The average molecular weight is 296 g/mol. The fourth-order valence-corrected chi connectivity index (χ4v) is 1.56. The van der Waals surface area contributed by atoms with Crippen molar-refractivity contribution in [3.8, 4) is 0 Å². The van der Waals surface area contributed by atoms with Crippen LogP contribution in [0.4, 0.5) is 5.69 Å². The zero-order valence-electron chi connectivity index (χ0n) is 9.32. The Morgan fingerprint density at radius 1 is 1.41 bits per heavy atom. The monoisotopic (exact) mass is 295 g/mol. The minimum atomic E-state index is -0.257. The summed E-state index contributed by atoms with van der Waals surface area (Å²) in [5, 5.41) is 6.29. The van der Waals surface area contributed by atoms with Crippen LogP contribution in [0.25, 0.3) is 0 Å². The number of anilines is 1. The molecule has 0 radical (unpaired) electrons. The van der Waals surface area contributed by atoms with Gasteiger partial charge in [0.1, 0.15) is 15.9 Å². The summed E-state index contributed by atoms with van der Waals surface area (Å²) in [6, 6.07) is 1.83. The SMILES string of the molecule is Cc1cc(NC(=O)c2cnoc2C)cnc1Br. The number of nitrogens with one attached hydrogen (secondary N) is 1. The van der Waals surface area contributed by atoms with Crippen LogP contribution in [0.1, 0.15) is 21.7 Å². The number of halogens is 1. The molecule has 0 aliphatic rings. The Kier molecular flexibility index (Phi) is 3.23. The first-order chi connectivity index (χ1) is 8.08. The van der Waals surface area contributed by atoms with Gasteiger partial charge in [0.15, 0.2) is 0 Å². The first kappa shape index (κ1) is 11.8. The first-order valence-corrected chi connectivity index (χ1v) is 5.72. The molecule has 0 aromatic carbocycles. The first-order valence-electron chi connectivity index (χ1n) is 4.92. The Labute approximate surface area is 106 Å². The fourth-order valence-electron chi connectivity index (χ4n) is 1.34. The van der Waals surface area contributed by atoms with Crippen LogP contribution >= 0.6 is 15.9 Å². The standard InChI is InChI=1S/C11H10BrN3O2/c1-6-3-8(4-13-10(6)12)15-11(16)9-5-14-17-7(9)2/h3-5H,1-2H3,(H,15,16). The number of carbonyl (C=O) groups is 1. The van der Waals surface area contributed by atoms with Crippen LogP contribution in [-0.2, 0) is 0 Å². The lowest BCUT2D eigenvalue weighted by atomic mass is 10.2. The molecule has 88 valence electrons. The van der Waals surface area contributed by atoms with Crippen molar-refractivity contribution in [3.05, 3.63) is 40.0 Å². The Morgan fingerprint density at radius 3 is 2.76 bits per heavy atom. The molecule has 1 N–H and O–H groups in total. The Hall–Kier alpha value is -1.69. The van der Waals surface area contributed by atoms with Crippen molar-refractivity contribution >= 4 is 27.5 Å². The molecule has 2 aromatic heterocycles. The molecule has 2 heterocycles. The maximum Gasteiger partial charge on any atom is 0.260 e. The van der Waals surface area contributed by atoms with Crippen molar-refractivity contribution in [2.24, 2.45) is 0 Å². The van der Waals surface area contributed by atoms with E-state index in [2.05, 4.69) is 31.4 Å². The van der Waals surface area contributed by atoms with Gasteiger partial charge in [0.05, 0.1) is 18.1 Å². The zero-order valence-corrected chi connectivity index (χ0v) is 10.9. The average Bonchev–Trinajstić information content (AvgIpc) is 2.70. The van der Waals surface area contributed by atoms with Gasteiger partial charge in [0, 0.05) is 0 Å². The second kappa shape index (κ2) is 4.67. The molecule has 0 bridgehead atoms. The lowest BCUT2D eigenvalue weighted by Crippen LogP contribution is -2.12. The van der Waals surface area contributed by atoms with Crippen molar-refractivity contribution in [1.29, 1.82) is 0 Å². The molecule has 0 unspecified atom stereocenters. The van der Waals surface area contributed by atoms with E-state index >= 15 is 0 Å². The molecule has 2 rings (SSSR count). The molecule has 0 atom stereocenters. The number of rotatable bonds is 2. The fraction of sp³-hybridized carbons (Fsp3) is 0.182. The van der Waals surface area contributed by atoms with Gasteiger partial charge in [-0.25, -0.2) is 4.98 Å². The topological polar surface area (TPSA) is 68.0 Å². The van der Waals surface area contributed by atoms with Crippen molar-refractivity contribution in [2.75, 3.05) is 5.32 Å². The third kappa shape index (κ3) is 2.52. The van der Waals surface area contributed by atoms with Crippen LogP contribution in [-0.4, -0.2) is 16.0 Å². The molecule has 6 heteroatoms. The second-order valence-electron chi connectivity index (χ2n) is 3.58. The number of pyridine rings is 1. The van der Waals surface area contributed by atoms with Crippen molar-refractivity contribution < 1.29 is 9.32 Å². The number of carbonyl (C=O) groups excluding carboxylic acids is 1. The lowest BCUT2D eigenvalue weighted by Gasteiger charge is -2.05. The number of aryl methyl sites for hydroxylation is 2. The Bertz CT molecular complexity index is 566. The number of hydrogen-bond donors (Lipinski definition) is 1.